The zero-order valence-electron chi connectivity index (χ0n) is 28.3. The molecule has 16 nitrogen and oxygen atoms in total. The van der Waals surface area contributed by atoms with E-state index in [1.54, 1.807) is 0 Å². The molecule has 0 unspecified atom stereocenters. The van der Waals surface area contributed by atoms with Crippen LogP contribution in [-0.2, 0) is 28.8 Å². The molecular formula is C32H52N8O8. The topological polar surface area (TPSA) is 178 Å². The second-order valence-electron chi connectivity index (χ2n) is 10.2. The van der Waals surface area contributed by atoms with Crippen LogP contribution >= 0.6 is 0 Å². The summed E-state index contributed by atoms with van der Waals surface area (Å²) < 4.78 is 0. The van der Waals surface area contributed by atoms with E-state index in [1.165, 1.54) is 29.4 Å². The first kappa shape index (κ1) is 43.4. The highest BCUT2D eigenvalue weighted by Crippen LogP contribution is 2.12. The summed E-state index contributed by atoms with van der Waals surface area (Å²) in [5.74, 6) is -1.89. The number of amides is 6. The third-order valence-corrected chi connectivity index (χ3v) is 6.88. The number of carbonyl (C=O) groups excluding carboxylic acids is 6. The lowest BCUT2D eigenvalue weighted by Crippen LogP contribution is -2.59. The summed E-state index contributed by atoms with van der Waals surface area (Å²) in [6.45, 7) is 25.3. The molecule has 0 aromatic heterocycles. The predicted octanol–water partition coefficient (Wildman–Crippen LogP) is -1.06. The van der Waals surface area contributed by atoms with Crippen molar-refractivity contribution in [1.82, 2.24) is 39.6 Å². The molecular weight excluding hydrogens is 624 g/mol. The first-order chi connectivity index (χ1) is 22.9. The van der Waals surface area contributed by atoms with E-state index in [0.717, 1.165) is 50.0 Å². The van der Waals surface area contributed by atoms with Gasteiger partial charge in [-0.25, -0.2) is 0 Å². The van der Waals surface area contributed by atoms with Crippen LogP contribution in [0.1, 0.15) is 20.3 Å². The third-order valence-electron chi connectivity index (χ3n) is 6.88. The number of carbonyl (C=O) groups is 6. The van der Waals surface area contributed by atoms with Gasteiger partial charge in [0.05, 0.1) is 53.2 Å². The molecule has 0 saturated carbocycles. The molecule has 2 rings (SSSR count). The molecule has 0 atom stereocenters. The molecule has 0 aliphatic carbocycles. The van der Waals surface area contributed by atoms with Crippen LogP contribution in [0.3, 0.4) is 0 Å². The maximum atomic E-state index is 12.4. The van der Waals surface area contributed by atoms with Crippen molar-refractivity contribution in [2.45, 2.75) is 20.3 Å². The van der Waals surface area contributed by atoms with Crippen molar-refractivity contribution >= 4 is 35.4 Å². The van der Waals surface area contributed by atoms with Gasteiger partial charge < -0.3 is 49.8 Å². The average Bonchev–Trinajstić information content (AvgIpc) is 3.13. The molecule has 2 fully saturated rings. The van der Waals surface area contributed by atoms with Crippen LogP contribution in [0.25, 0.3) is 0 Å². The fourth-order valence-corrected chi connectivity index (χ4v) is 4.24. The maximum Gasteiger partial charge on any atom is 0.248 e. The fourth-order valence-electron chi connectivity index (χ4n) is 4.24. The summed E-state index contributed by atoms with van der Waals surface area (Å²) in [5, 5.41) is 20.1. The van der Waals surface area contributed by atoms with Crippen LogP contribution in [-0.4, -0.2) is 166 Å². The van der Waals surface area contributed by atoms with Gasteiger partial charge in [0, 0.05) is 26.1 Å². The van der Waals surface area contributed by atoms with Gasteiger partial charge in [0.1, 0.15) is 0 Å². The van der Waals surface area contributed by atoms with Gasteiger partial charge in [-0.2, -0.15) is 0 Å². The van der Waals surface area contributed by atoms with Gasteiger partial charge in [-0.3, -0.25) is 28.8 Å². The average molecular weight is 677 g/mol. The van der Waals surface area contributed by atoms with Crippen molar-refractivity contribution in [2.75, 3.05) is 85.9 Å². The molecule has 2 aliphatic heterocycles. The molecule has 0 bridgehead atoms. The molecule has 3 N–H and O–H groups in total. The maximum absolute atomic E-state index is 12.4. The Kier molecular flexibility index (Phi) is 22.2. The minimum atomic E-state index is -0.349. The Balaban J connectivity index is 0.000000808. The lowest BCUT2D eigenvalue weighted by Gasteiger charge is -2.41. The predicted molar refractivity (Wildman–Crippen MR) is 181 cm³/mol. The van der Waals surface area contributed by atoms with E-state index in [9.17, 15) is 28.8 Å². The van der Waals surface area contributed by atoms with Gasteiger partial charge in [0.25, 0.3) is 0 Å². The highest BCUT2D eigenvalue weighted by atomic mass is 16.3. The van der Waals surface area contributed by atoms with E-state index in [-0.39, 0.29) is 95.1 Å². The van der Waals surface area contributed by atoms with E-state index in [1.807, 2.05) is 18.7 Å². The van der Waals surface area contributed by atoms with Crippen molar-refractivity contribution < 1.29 is 39.0 Å². The molecule has 0 spiro atoms. The summed E-state index contributed by atoms with van der Waals surface area (Å²) >= 11 is 0. The monoisotopic (exact) mass is 676 g/mol. The number of nitrogens with one attached hydrogen (secondary N) is 1. The molecule has 0 radical (unpaired) electrons. The number of likely N-dealkylation sites (N-methyl/N-ethyl adjacent to an activating group) is 2. The summed E-state index contributed by atoms with van der Waals surface area (Å²) in [7, 11) is 0. The van der Waals surface area contributed by atoms with Crippen LogP contribution in [0, 0.1) is 0 Å². The first-order valence-corrected chi connectivity index (χ1v) is 15.4. The van der Waals surface area contributed by atoms with E-state index < -0.39 is 0 Å². The molecule has 268 valence electrons. The minimum absolute atomic E-state index is 0.0367. The Morgan fingerprint density at radius 2 is 0.917 bits per heavy atom. The number of rotatable bonds is 14. The Hall–Kier alpha value is -4.64. The summed E-state index contributed by atoms with van der Waals surface area (Å²) in [4.78, 5) is 81.0. The van der Waals surface area contributed by atoms with E-state index in [4.69, 9.17) is 10.2 Å². The van der Waals surface area contributed by atoms with Crippen LogP contribution in [0.2, 0.25) is 0 Å². The van der Waals surface area contributed by atoms with Gasteiger partial charge in [-0.05, 0) is 43.5 Å². The molecule has 16 heteroatoms. The number of aliphatic hydroxyl groups excluding tert-OH is 2. The SMILES string of the molecule is C=CC(=O)N1CN(C(=O)C=C)CN(C(=O)C=C)C1.C=CC(=O)N1CN(C(=O)C=C)CN(C(=O)CCN(CC)CCO)C1.CCNCCO. The number of aliphatic hydroxyl groups is 2. The van der Waals surface area contributed by atoms with Crippen LogP contribution in [0.15, 0.2) is 63.3 Å². The highest BCUT2D eigenvalue weighted by molar-refractivity contribution is 5.92. The number of hydrogen-bond donors (Lipinski definition) is 3. The van der Waals surface area contributed by atoms with Crippen LogP contribution < -0.4 is 5.32 Å². The van der Waals surface area contributed by atoms with E-state index in [2.05, 4.69) is 38.2 Å². The van der Waals surface area contributed by atoms with E-state index >= 15 is 0 Å². The standard InChI is InChI=1S/C16H26N4O4.C12H15N3O3.C4H11NO/c1-4-14(22)18-11-19(15(23)5-2)13-20(12-18)16(24)7-8-17(6-3)9-10-21;1-4-10(16)13-7-14(11(17)5-2)9-15(8-13)12(18)6-3;1-2-5-3-4-6/h4-5,21H,1-2,6-13H2,3H3;4-6H,1-3,7-9H2;5-6H,2-4H2,1H3. The van der Waals surface area contributed by atoms with E-state index in [0.29, 0.717) is 13.1 Å². The van der Waals surface area contributed by atoms with Crippen molar-refractivity contribution in [3.05, 3.63) is 63.3 Å². The Labute approximate surface area is 283 Å². The molecule has 2 heterocycles. The molecule has 0 aromatic rings. The van der Waals surface area contributed by atoms with Crippen molar-refractivity contribution in [2.24, 2.45) is 0 Å². The lowest BCUT2D eigenvalue weighted by molar-refractivity contribution is -0.155. The molecule has 2 aliphatic rings. The molecule has 0 aromatic carbocycles. The zero-order valence-corrected chi connectivity index (χ0v) is 28.3. The normalized spacial score (nSPS) is 14.1. The van der Waals surface area contributed by atoms with Crippen molar-refractivity contribution in [3.63, 3.8) is 0 Å². The zero-order chi connectivity index (χ0) is 36.6. The molecule has 48 heavy (non-hydrogen) atoms. The summed E-state index contributed by atoms with van der Waals surface area (Å²) in [6, 6.07) is 0. The second-order valence-corrected chi connectivity index (χ2v) is 10.2. The second kappa shape index (κ2) is 24.5. The van der Waals surface area contributed by atoms with Crippen LogP contribution in [0.5, 0.6) is 0 Å². The fraction of sp³-hybridized carbons (Fsp3) is 0.500. The van der Waals surface area contributed by atoms with Crippen molar-refractivity contribution in [1.29, 1.82) is 0 Å². The van der Waals surface area contributed by atoms with Crippen LogP contribution in [0.4, 0.5) is 0 Å². The van der Waals surface area contributed by atoms with Gasteiger partial charge in [0.2, 0.25) is 35.4 Å². The molecule has 6 amide bonds. The largest absolute Gasteiger partial charge is 0.395 e. The van der Waals surface area contributed by atoms with Gasteiger partial charge in [0.15, 0.2) is 0 Å². The highest BCUT2D eigenvalue weighted by Gasteiger charge is 2.31. The van der Waals surface area contributed by atoms with Gasteiger partial charge in [-0.15, -0.1) is 0 Å². The Bertz CT molecular complexity index is 1050. The van der Waals surface area contributed by atoms with Gasteiger partial charge >= 0.3 is 0 Å². The Morgan fingerprint density at radius 1 is 0.583 bits per heavy atom. The summed E-state index contributed by atoms with van der Waals surface area (Å²) in [6.07, 6.45) is 5.98. The Morgan fingerprint density at radius 3 is 1.15 bits per heavy atom. The quantitative estimate of drug-likeness (QED) is 0.152. The van der Waals surface area contributed by atoms with Crippen molar-refractivity contribution in [3.8, 4) is 0 Å². The van der Waals surface area contributed by atoms with Gasteiger partial charge in [-0.1, -0.05) is 46.7 Å². The minimum Gasteiger partial charge on any atom is -0.395 e. The number of nitrogens with zero attached hydrogens (tertiary/aromatic N) is 7. The molecule has 2 saturated heterocycles. The number of hydrogen-bond acceptors (Lipinski definition) is 10. The lowest BCUT2D eigenvalue weighted by atomic mass is 10.3. The third kappa shape index (κ3) is 15.3. The first-order valence-electron chi connectivity index (χ1n) is 15.4. The summed E-state index contributed by atoms with van der Waals surface area (Å²) in [5.41, 5.74) is 0. The smallest absolute Gasteiger partial charge is 0.248 e.